The van der Waals surface area contributed by atoms with E-state index in [1.807, 2.05) is 5.32 Å². The summed E-state index contributed by atoms with van der Waals surface area (Å²) in [5.41, 5.74) is -1.39. The van der Waals surface area contributed by atoms with Gasteiger partial charge in [-0.05, 0) is 50.3 Å². The second kappa shape index (κ2) is 7.87. The normalized spacial score (nSPS) is 22.5. The van der Waals surface area contributed by atoms with Crippen molar-refractivity contribution in [3.8, 4) is 0 Å². The van der Waals surface area contributed by atoms with Gasteiger partial charge in [0.2, 0.25) is 0 Å². The fourth-order valence-electron chi connectivity index (χ4n) is 4.87. The molecule has 1 saturated carbocycles. The highest BCUT2D eigenvalue weighted by Gasteiger charge is 2.61. The fourth-order valence-corrected chi connectivity index (χ4v) is 4.87. The van der Waals surface area contributed by atoms with E-state index >= 15 is 0 Å². The van der Waals surface area contributed by atoms with Crippen molar-refractivity contribution in [2.75, 3.05) is 18.5 Å². The molecule has 1 saturated heterocycles. The van der Waals surface area contributed by atoms with Crippen LogP contribution in [0.5, 0.6) is 0 Å². The molecule has 2 aromatic rings. The maximum atomic E-state index is 13.6. The Labute approximate surface area is 197 Å². The first-order valence-electron chi connectivity index (χ1n) is 11.1. The van der Waals surface area contributed by atoms with Gasteiger partial charge in [0.05, 0.1) is 24.5 Å². The highest BCUT2D eigenvalue weighted by atomic mass is 19.4. The smallest absolute Gasteiger partial charge is 0.376 e. The topological polar surface area (TPSA) is 102 Å². The van der Waals surface area contributed by atoms with Crippen LogP contribution < -0.4 is 10.6 Å². The predicted molar refractivity (Wildman–Crippen MR) is 114 cm³/mol. The molecule has 186 valence electrons. The number of rotatable bonds is 6. The van der Waals surface area contributed by atoms with Gasteiger partial charge in [0.15, 0.2) is 5.54 Å². The lowest BCUT2D eigenvalue weighted by Gasteiger charge is -2.42. The first kappa shape index (κ1) is 23.5. The van der Waals surface area contributed by atoms with Gasteiger partial charge >= 0.3 is 6.18 Å². The van der Waals surface area contributed by atoms with E-state index in [1.165, 1.54) is 32.2 Å². The van der Waals surface area contributed by atoms with Crippen molar-refractivity contribution in [3.05, 3.63) is 46.5 Å². The van der Waals surface area contributed by atoms with E-state index in [0.29, 0.717) is 17.8 Å². The van der Waals surface area contributed by atoms with Gasteiger partial charge < -0.3 is 19.9 Å². The molecule has 0 bridgehead atoms. The standard InChI is InChI=1S/C23H22F4N4O4/c1-10-17(19(32)21(34)30-22(8-35-9-22)23(25,26)27)16-6-12-5-15(12)31(16)18(10)20(33)29-13-3-4-28-14(7-13)11(2)24/h3-4,7,11-12,15H,5-6,8-9H2,1-2H3,(H,30,34)(H,28,29,33)/t11?,12-,15-/m1/s1. The number of nitrogens with zero attached hydrogens (tertiary/aromatic N) is 2. The number of halogens is 4. The number of anilines is 1. The number of Topliss-reactive ketones (excluding diaryl/α,β-unsaturated/α-hetero) is 1. The summed E-state index contributed by atoms with van der Waals surface area (Å²) in [4.78, 5) is 42.9. The van der Waals surface area contributed by atoms with Gasteiger partial charge in [-0.15, -0.1) is 0 Å². The van der Waals surface area contributed by atoms with Crippen LogP contribution in [-0.2, 0) is 16.0 Å². The van der Waals surface area contributed by atoms with Crippen LogP contribution in [0, 0.1) is 12.8 Å². The average molecular weight is 494 g/mol. The van der Waals surface area contributed by atoms with E-state index in [2.05, 4.69) is 15.0 Å². The van der Waals surface area contributed by atoms with Gasteiger partial charge in [-0.25, -0.2) is 4.39 Å². The van der Waals surface area contributed by atoms with Gasteiger partial charge in [0.25, 0.3) is 17.6 Å². The number of hydrogen-bond donors (Lipinski definition) is 2. The van der Waals surface area contributed by atoms with E-state index in [0.717, 1.165) is 6.42 Å². The van der Waals surface area contributed by atoms with Crippen LogP contribution in [0.2, 0.25) is 0 Å². The number of carbonyl (C=O) groups is 3. The van der Waals surface area contributed by atoms with E-state index in [-0.39, 0.29) is 34.5 Å². The Morgan fingerprint density at radius 2 is 2.00 bits per heavy atom. The van der Waals surface area contributed by atoms with Crippen molar-refractivity contribution in [1.29, 1.82) is 0 Å². The zero-order chi connectivity index (χ0) is 25.3. The van der Waals surface area contributed by atoms with Crippen LogP contribution in [0.25, 0.3) is 0 Å². The lowest BCUT2D eigenvalue weighted by atomic mass is 9.95. The van der Waals surface area contributed by atoms with Crippen molar-refractivity contribution in [3.63, 3.8) is 0 Å². The summed E-state index contributed by atoms with van der Waals surface area (Å²) in [6.07, 6.45) is -3.53. The Hall–Kier alpha value is -3.28. The van der Waals surface area contributed by atoms with E-state index < -0.39 is 48.7 Å². The van der Waals surface area contributed by atoms with Crippen LogP contribution >= 0.6 is 0 Å². The summed E-state index contributed by atoms with van der Waals surface area (Å²) in [5.74, 6) is -2.89. The predicted octanol–water partition coefficient (Wildman–Crippen LogP) is 3.22. The van der Waals surface area contributed by atoms with Gasteiger partial charge in [0, 0.05) is 23.6 Å². The molecule has 4 heterocycles. The third-order valence-corrected chi connectivity index (χ3v) is 6.91. The summed E-state index contributed by atoms with van der Waals surface area (Å²) in [6.45, 7) is 1.26. The number of nitrogens with one attached hydrogen (secondary N) is 2. The van der Waals surface area contributed by atoms with Crippen LogP contribution in [0.15, 0.2) is 18.3 Å². The maximum Gasteiger partial charge on any atom is 0.416 e. The van der Waals surface area contributed by atoms with Crippen molar-refractivity contribution >= 4 is 23.3 Å². The van der Waals surface area contributed by atoms with Crippen LogP contribution in [0.4, 0.5) is 23.2 Å². The summed E-state index contributed by atoms with van der Waals surface area (Å²) < 4.78 is 60.3. The Morgan fingerprint density at radius 3 is 2.60 bits per heavy atom. The number of pyridine rings is 1. The molecule has 35 heavy (non-hydrogen) atoms. The number of hydrogen-bond acceptors (Lipinski definition) is 5. The quantitative estimate of drug-likeness (QED) is 0.365. The van der Waals surface area contributed by atoms with E-state index in [9.17, 15) is 31.9 Å². The second-order valence-corrected chi connectivity index (χ2v) is 9.33. The first-order valence-corrected chi connectivity index (χ1v) is 11.1. The minimum atomic E-state index is -4.79. The molecule has 2 amide bonds. The van der Waals surface area contributed by atoms with E-state index in [4.69, 9.17) is 0 Å². The molecule has 2 aromatic heterocycles. The van der Waals surface area contributed by atoms with Crippen molar-refractivity contribution in [2.24, 2.45) is 5.92 Å². The largest absolute Gasteiger partial charge is 0.416 e. The lowest BCUT2D eigenvalue weighted by Crippen LogP contribution is -2.71. The highest BCUT2D eigenvalue weighted by molar-refractivity contribution is 6.44. The minimum Gasteiger partial charge on any atom is -0.376 e. The number of alkyl halides is 4. The molecule has 8 nitrogen and oxygen atoms in total. The maximum absolute atomic E-state index is 13.6. The molecule has 0 radical (unpaired) electrons. The zero-order valence-electron chi connectivity index (χ0n) is 18.8. The summed E-state index contributed by atoms with van der Waals surface area (Å²) >= 11 is 0. The Morgan fingerprint density at radius 1 is 1.29 bits per heavy atom. The number of carbonyl (C=O) groups excluding carboxylic acids is 3. The van der Waals surface area contributed by atoms with Crippen molar-refractivity contribution in [2.45, 2.75) is 50.6 Å². The fraction of sp³-hybridized carbons (Fsp3) is 0.478. The molecule has 2 fully saturated rings. The Balaban J connectivity index is 1.45. The summed E-state index contributed by atoms with van der Waals surface area (Å²) in [7, 11) is 0. The summed E-state index contributed by atoms with van der Waals surface area (Å²) in [5, 5.41) is 4.49. The molecule has 3 atom stereocenters. The molecule has 1 unspecified atom stereocenters. The molecule has 3 aliphatic rings. The first-order chi connectivity index (χ1) is 16.4. The van der Waals surface area contributed by atoms with Crippen LogP contribution in [-0.4, -0.2) is 52.1 Å². The number of ketones is 1. The number of aromatic nitrogens is 2. The molecular formula is C23H22F4N4O4. The second-order valence-electron chi connectivity index (χ2n) is 9.33. The molecular weight excluding hydrogens is 472 g/mol. The van der Waals surface area contributed by atoms with Gasteiger partial charge in [-0.1, -0.05) is 0 Å². The van der Waals surface area contributed by atoms with E-state index in [1.54, 1.807) is 4.57 Å². The highest BCUT2D eigenvalue weighted by Crippen LogP contribution is 2.54. The molecule has 1 aliphatic carbocycles. The number of amides is 2. The van der Waals surface area contributed by atoms with Crippen LogP contribution in [0.3, 0.4) is 0 Å². The molecule has 12 heteroatoms. The summed E-state index contributed by atoms with van der Waals surface area (Å²) in [6, 6.07) is 2.86. The third-order valence-electron chi connectivity index (χ3n) is 6.91. The lowest BCUT2D eigenvalue weighted by molar-refractivity contribution is -0.265. The third kappa shape index (κ3) is 3.70. The SMILES string of the molecule is Cc1c(C(=O)C(=O)NC2(C(F)(F)F)COC2)c2n(c1C(=O)Nc1ccnc(C(C)F)c1)[C@@H]1C[C@@H]1C2. The molecule has 0 aromatic carbocycles. The Kier molecular flexibility index (Phi) is 5.28. The number of fused-ring (bicyclic) bond motifs is 3. The molecule has 2 N–H and O–H groups in total. The number of ether oxygens (including phenoxy) is 1. The molecule has 2 aliphatic heterocycles. The minimum absolute atomic E-state index is 0.0190. The van der Waals surface area contributed by atoms with Gasteiger partial charge in [0.1, 0.15) is 11.9 Å². The van der Waals surface area contributed by atoms with Crippen molar-refractivity contribution in [1.82, 2.24) is 14.9 Å². The van der Waals surface area contributed by atoms with Gasteiger partial charge in [-0.2, -0.15) is 13.2 Å². The monoisotopic (exact) mass is 494 g/mol. The molecule has 0 spiro atoms. The zero-order valence-corrected chi connectivity index (χ0v) is 18.8. The van der Waals surface area contributed by atoms with Crippen molar-refractivity contribution < 1.29 is 36.7 Å². The average Bonchev–Trinajstić information content (AvgIpc) is 3.33. The molecule has 5 rings (SSSR count). The Bertz CT molecular complexity index is 1250. The van der Waals surface area contributed by atoms with Crippen LogP contribution in [0.1, 0.15) is 63.4 Å². The van der Waals surface area contributed by atoms with Gasteiger partial charge in [-0.3, -0.25) is 19.4 Å².